The van der Waals surface area contributed by atoms with Crippen LogP contribution in [0.1, 0.15) is 16.1 Å². The van der Waals surface area contributed by atoms with E-state index in [9.17, 15) is 4.79 Å². The summed E-state index contributed by atoms with van der Waals surface area (Å²) < 4.78 is 20.6. The maximum Gasteiger partial charge on any atom is 0.337 e. The number of ether oxygens (including phenoxy) is 1. The van der Waals surface area contributed by atoms with Crippen molar-refractivity contribution in [1.82, 2.24) is 19.9 Å². The molecule has 0 atom stereocenters. The predicted molar refractivity (Wildman–Crippen MR) is 113 cm³/mol. The van der Waals surface area contributed by atoms with Crippen molar-refractivity contribution >= 4 is 22.8 Å². The molecule has 1 aliphatic heterocycles. The highest BCUT2D eigenvalue weighted by Crippen LogP contribution is 2.40. The lowest BCUT2D eigenvalue weighted by molar-refractivity contribution is 0.0601. The van der Waals surface area contributed by atoms with E-state index in [2.05, 4.69) is 19.9 Å². The van der Waals surface area contributed by atoms with E-state index in [-0.39, 0.29) is 18.8 Å². The van der Waals surface area contributed by atoms with Crippen molar-refractivity contribution in [1.29, 1.82) is 0 Å². The van der Waals surface area contributed by atoms with Gasteiger partial charge in [-0.15, -0.1) is 0 Å². The lowest BCUT2D eigenvalue weighted by atomic mass is 9.89. The second kappa shape index (κ2) is 7.39. The van der Waals surface area contributed by atoms with Crippen molar-refractivity contribution in [3.05, 3.63) is 78.4 Å². The summed E-state index contributed by atoms with van der Waals surface area (Å²) in [6, 6.07) is 14.4. The number of halogens is 1. The number of methoxy groups -OCH3 is 1. The van der Waals surface area contributed by atoms with E-state index < -0.39 is 11.6 Å². The lowest BCUT2D eigenvalue weighted by Gasteiger charge is -2.44. The minimum atomic E-state index is -1.71. The highest BCUT2D eigenvalue weighted by Gasteiger charge is 2.49. The SMILES string of the molecule is COC(=O)c1cccc(-c2nccnc2C2(F)CN(c3ncc4ccccc4n3)C2)c1. The van der Waals surface area contributed by atoms with Crippen molar-refractivity contribution in [3.63, 3.8) is 0 Å². The number of esters is 1. The zero-order valence-corrected chi connectivity index (χ0v) is 16.7. The fourth-order valence-corrected chi connectivity index (χ4v) is 3.75. The normalized spacial score (nSPS) is 14.8. The Bertz CT molecular complexity index is 1290. The highest BCUT2D eigenvalue weighted by molar-refractivity contribution is 5.91. The summed E-state index contributed by atoms with van der Waals surface area (Å²) in [5.74, 6) is 0.00984. The quantitative estimate of drug-likeness (QED) is 0.472. The molecule has 3 heterocycles. The third kappa shape index (κ3) is 3.35. The van der Waals surface area contributed by atoms with Gasteiger partial charge in [-0.3, -0.25) is 9.97 Å². The zero-order valence-electron chi connectivity index (χ0n) is 16.7. The average molecular weight is 415 g/mol. The molecule has 2 aromatic heterocycles. The summed E-state index contributed by atoms with van der Waals surface area (Å²) in [7, 11) is 1.32. The van der Waals surface area contributed by atoms with Crippen molar-refractivity contribution in [2.24, 2.45) is 0 Å². The predicted octanol–water partition coefficient (Wildman–Crippen LogP) is 3.56. The van der Waals surface area contributed by atoms with E-state index in [1.165, 1.54) is 19.5 Å². The third-order valence-electron chi connectivity index (χ3n) is 5.32. The number of nitrogens with zero attached hydrogens (tertiary/aromatic N) is 5. The van der Waals surface area contributed by atoms with Crippen LogP contribution < -0.4 is 4.90 Å². The van der Waals surface area contributed by atoms with Crippen molar-refractivity contribution in [3.8, 4) is 11.3 Å². The van der Waals surface area contributed by atoms with Crippen molar-refractivity contribution in [2.75, 3.05) is 25.1 Å². The topological polar surface area (TPSA) is 81.1 Å². The van der Waals surface area contributed by atoms with Crippen LogP contribution in [0.2, 0.25) is 0 Å². The fourth-order valence-electron chi connectivity index (χ4n) is 3.75. The van der Waals surface area contributed by atoms with Gasteiger partial charge in [0, 0.05) is 29.5 Å². The van der Waals surface area contributed by atoms with Gasteiger partial charge in [0.1, 0.15) is 5.69 Å². The first-order chi connectivity index (χ1) is 15.1. The van der Waals surface area contributed by atoms with Gasteiger partial charge in [0.2, 0.25) is 5.95 Å². The molecule has 0 amide bonds. The highest BCUT2D eigenvalue weighted by atomic mass is 19.1. The van der Waals surface area contributed by atoms with Gasteiger partial charge in [-0.1, -0.05) is 30.3 Å². The zero-order chi connectivity index (χ0) is 21.4. The van der Waals surface area contributed by atoms with Crippen LogP contribution in [0.15, 0.2) is 67.1 Å². The molecule has 31 heavy (non-hydrogen) atoms. The molecule has 1 saturated heterocycles. The summed E-state index contributed by atoms with van der Waals surface area (Å²) in [6.45, 7) is 0.126. The summed E-state index contributed by atoms with van der Waals surface area (Å²) in [6.07, 6.45) is 4.72. The van der Waals surface area contributed by atoms with Gasteiger partial charge in [0.05, 0.1) is 37.0 Å². The lowest BCUT2D eigenvalue weighted by Crippen LogP contribution is -2.58. The summed E-state index contributed by atoms with van der Waals surface area (Å²) in [4.78, 5) is 31.2. The minimum absolute atomic E-state index is 0.0632. The molecule has 1 aliphatic rings. The molecule has 1 fully saturated rings. The van der Waals surface area contributed by atoms with Crippen molar-refractivity contribution < 1.29 is 13.9 Å². The Morgan fingerprint density at radius 1 is 1.06 bits per heavy atom. The Morgan fingerprint density at radius 2 is 1.87 bits per heavy atom. The van der Waals surface area contributed by atoms with Gasteiger partial charge in [-0.2, -0.15) is 0 Å². The number of anilines is 1. The van der Waals surface area contributed by atoms with Crippen LogP contribution in [-0.4, -0.2) is 46.1 Å². The first-order valence-corrected chi connectivity index (χ1v) is 9.73. The van der Waals surface area contributed by atoms with Crippen LogP contribution in [0, 0.1) is 0 Å². The number of hydrogen-bond donors (Lipinski definition) is 0. The van der Waals surface area contributed by atoms with E-state index in [4.69, 9.17) is 4.74 Å². The number of carbonyl (C=O) groups is 1. The largest absolute Gasteiger partial charge is 0.465 e. The molecule has 5 rings (SSSR count). The molecule has 0 radical (unpaired) electrons. The Kier molecular flexibility index (Phi) is 4.54. The molecule has 0 aliphatic carbocycles. The van der Waals surface area contributed by atoms with E-state index in [1.807, 2.05) is 24.3 Å². The second-order valence-electron chi connectivity index (χ2n) is 7.38. The summed E-state index contributed by atoms with van der Waals surface area (Å²) in [5, 5.41) is 0.931. The maximum absolute atomic E-state index is 15.9. The molecule has 0 N–H and O–H groups in total. The van der Waals surface area contributed by atoms with Gasteiger partial charge < -0.3 is 9.64 Å². The Labute approximate surface area is 177 Å². The molecule has 0 unspecified atom stereocenters. The summed E-state index contributed by atoms with van der Waals surface area (Å²) >= 11 is 0. The average Bonchev–Trinajstić information content (AvgIpc) is 2.81. The van der Waals surface area contributed by atoms with E-state index in [0.29, 0.717) is 22.8 Å². The summed E-state index contributed by atoms with van der Waals surface area (Å²) in [5.41, 5.74) is 0.695. The first-order valence-electron chi connectivity index (χ1n) is 9.73. The molecule has 8 heteroatoms. The number of rotatable bonds is 4. The fraction of sp³-hybridized carbons (Fsp3) is 0.174. The molecular formula is C23H18FN5O2. The van der Waals surface area contributed by atoms with Crippen LogP contribution in [0.3, 0.4) is 0 Å². The molecule has 0 saturated carbocycles. The minimum Gasteiger partial charge on any atom is -0.465 e. The van der Waals surface area contributed by atoms with E-state index in [0.717, 1.165) is 10.9 Å². The van der Waals surface area contributed by atoms with Crippen LogP contribution in [-0.2, 0) is 10.4 Å². The number of aromatic nitrogens is 4. The molecule has 7 nitrogen and oxygen atoms in total. The van der Waals surface area contributed by atoms with Crippen LogP contribution in [0.4, 0.5) is 10.3 Å². The smallest absolute Gasteiger partial charge is 0.337 e. The second-order valence-corrected chi connectivity index (χ2v) is 7.38. The van der Waals surface area contributed by atoms with Crippen LogP contribution in [0.25, 0.3) is 22.2 Å². The Morgan fingerprint density at radius 3 is 2.71 bits per heavy atom. The van der Waals surface area contributed by atoms with Gasteiger partial charge in [-0.25, -0.2) is 19.2 Å². The molecular weight excluding hydrogens is 397 g/mol. The van der Waals surface area contributed by atoms with Gasteiger partial charge in [-0.05, 0) is 18.2 Å². The van der Waals surface area contributed by atoms with Gasteiger partial charge >= 0.3 is 5.97 Å². The first kappa shape index (κ1) is 19.0. The Balaban J connectivity index is 1.45. The number of carbonyl (C=O) groups excluding carboxylic acids is 1. The molecule has 0 spiro atoms. The van der Waals surface area contributed by atoms with Gasteiger partial charge in [0.25, 0.3) is 0 Å². The number of benzene rings is 2. The number of alkyl halides is 1. The third-order valence-corrected chi connectivity index (χ3v) is 5.32. The van der Waals surface area contributed by atoms with E-state index in [1.54, 1.807) is 35.4 Å². The Hall–Kier alpha value is -3.94. The van der Waals surface area contributed by atoms with Gasteiger partial charge in [0.15, 0.2) is 5.67 Å². The maximum atomic E-state index is 15.9. The van der Waals surface area contributed by atoms with E-state index >= 15 is 4.39 Å². The number of fused-ring (bicyclic) bond motifs is 1. The number of hydrogen-bond acceptors (Lipinski definition) is 7. The van der Waals surface area contributed by atoms with Crippen molar-refractivity contribution in [2.45, 2.75) is 5.67 Å². The molecule has 2 aromatic carbocycles. The monoisotopic (exact) mass is 415 g/mol. The molecule has 0 bridgehead atoms. The van der Waals surface area contributed by atoms with Crippen LogP contribution in [0.5, 0.6) is 0 Å². The number of para-hydroxylation sites is 1. The standard InChI is InChI=1S/C23H18FN5O2/c1-31-21(30)16-7-4-6-15(11-16)19-20(26-10-9-25-19)23(24)13-29(14-23)22-27-12-17-5-2-3-8-18(17)28-22/h2-12H,13-14H2,1H3. The van der Waals surface area contributed by atoms with Crippen LogP contribution >= 0.6 is 0 Å². The molecule has 4 aromatic rings. The molecule has 154 valence electrons.